The van der Waals surface area contributed by atoms with Crippen LogP contribution < -0.4 is 9.47 Å². The van der Waals surface area contributed by atoms with E-state index in [-0.39, 0.29) is 22.9 Å². The molecule has 4 aliphatic carbocycles. The van der Waals surface area contributed by atoms with E-state index in [4.69, 9.17) is 14.2 Å². The lowest BCUT2D eigenvalue weighted by Gasteiger charge is -2.74. The predicted molar refractivity (Wildman–Crippen MR) is 139 cm³/mol. The van der Waals surface area contributed by atoms with Crippen molar-refractivity contribution in [3.63, 3.8) is 0 Å². The zero-order valence-electron chi connectivity index (χ0n) is 22.0. The van der Waals surface area contributed by atoms with E-state index in [9.17, 15) is 5.11 Å². The van der Waals surface area contributed by atoms with Crippen LogP contribution in [0.4, 0.5) is 0 Å². The van der Waals surface area contributed by atoms with Crippen LogP contribution in [0, 0.1) is 11.3 Å². The third kappa shape index (κ3) is 2.62. The maximum absolute atomic E-state index is 11.5. The number of likely N-dealkylation sites (tertiary alicyclic amines) is 1. The summed E-state index contributed by atoms with van der Waals surface area (Å²) in [5, 5.41) is 11.5. The summed E-state index contributed by atoms with van der Waals surface area (Å²) in [6.07, 6.45) is 6.11. The zero-order chi connectivity index (χ0) is 24.9. The predicted octanol–water partition coefficient (Wildman–Crippen LogP) is 4.52. The van der Waals surface area contributed by atoms with Crippen molar-refractivity contribution in [2.24, 2.45) is 11.3 Å². The van der Waals surface area contributed by atoms with E-state index < -0.39 is 11.2 Å². The Kier molecular flexibility index (Phi) is 4.80. The summed E-state index contributed by atoms with van der Waals surface area (Å²) in [6.45, 7) is 6.09. The van der Waals surface area contributed by atoms with Gasteiger partial charge in [-0.1, -0.05) is 36.4 Å². The largest absolute Gasteiger partial charge is 0.493 e. The minimum atomic E-state index is -0.850. The van der Waals surface area contributed by atoms with Crippen LogP contribution in [0.15, 0.2) is 42.5 Å². The molecule has 0 unspecified atom stereocenters. The molecule has 36 heavy (non-hydrogen) atoms. The highest BCUT2D eigenvalue weighted by Crippen LogP contribution is 2.77. The normalized spacial score (nSPS) is 38.0. The number of benzene rings is 2. The highest BCUT2D eigenvalue weighted by Gasteiger charge is 2.81. The molecule has 1 saturated heterocycles. The van der Waals surface area contributed by atoms with Crippen LogP contribution in [0.1, 0.15) is 56.2 Å². The van der Waals surface area contributed by atoms with Gasteiger partial charge in [0.25, 0.3) is 0 Å². The van der Waals surface area contributed by atoms with Crippen molar-refractivity contribution < 1.29 is 19.3 Å². The van der Waals surface area contributed by atoms with Crippen molar-refractivity contribution in [2.45, 2.75) is 81.1 Å². The van der Waals surface area contributed by atoms with Gasteiger partial charge < -0.3 is 19.3 Å². The standard InChI is InChI=1S/C31H39NO4/c1-28(2,33)23-19-29-13-14-31(23,35-4)27-30(29)15-17-32(16-12-20-8-6-5-7-9-20)24(29)18-21-10-11-22(34-3)26(36-27)25(21)30/h5-11,23-24,27,33H,12-19H2,1-4H3/t23-,24-,27-,29-,30+,31-/m1/s1. The van der Waals surface area contributed by atoms with Crippen LogP contribution in [-0.2, 0) is 23.0 Å². The van der Waals surface area contributed by atoms with Crippen molar-refractivity contribution in [3.05, 3.63) is 59.2 Å². The molecule has 0 amide bonds. The molecule has 0 aromatic heterocycles. The molecule has 2 aliphatic heterocycles. The number of ether oxygens (including phenoxy) is 3. The first kappa shape index (κ1) is 23.1. The van der Waals surface area contributed by atoms with Gasteiger partial charge in [0.1, 0.15) is 11.7 Å². The van der Waals surface area contributed by atoms with Crippen LogP contribution in [0.3, 0.4) is 0 Å². The monoisotopic (exact) mass is 489 g/mol. The Labute approximate surface area is 214 Å². The number of rotatable bonds is 6. The molecule has 2 heterocycles. The third-order valence-electron chi connectivity index (χ3n) is 11.1. The van der Waals surface area contributed by atoms with E-state index in [1.807, 2.05) is 21.0 Å². The maximum Gasteiger partial charge on any atom is 0.165 e. The van der Waals surface area contributed by atoms with E-state index in [1.54, 1.807) is 7.11 Å². The van der Waals surface area contributed by atoms with E-state index >= 15 is 0 Å². The maximum atomic E-state index is 11.5. The Bertz CT molecular complexity index is 1190. The molecule has 2 aromatic carbocycles. The number of fused-ring (bicyclic) bond motifs is 2. The molecule has 5 heteroatoms. The summed E-state index contributed by atoms with van der Waals surface area (Å²) in [4.78, 5) is 2.78. The zero-order valence-corrected chi connectivity index (χ0v) is 22.0. The second kappa shape index (κ2) is 7.49. The van der Waals surface area contributed by atoms with Gasteiger partial charge in [-0.25, -0.2) is 0 Å². The van der Waals surface area contributed by atoms with Gasteiger partial charge in [0.05, 0.1) is 12.7 Å². The summed E-state index contributed by atoms with van der Waals surface area (Å²) >= 11 is 0. The van der Waals surface area contributed by atoms with E-state index in [1.165, 1.54) is 16.7 Å². The number of hydrogen-bond donors (Lipinski definition) is 1. The van der Waals surface area contributed by atoms with Crippen LogP contribution in [0.2, 0.25) is 0 Å². The molecule has 1 N–H and O–H groups in total. The summed E-state index contributed by atoms with van der Waals surface area (Å²) in [5.41, 5.74) is 2.84. The van der Waals surface area contributed by atoms with Gasteiger partial charge in [0.15, 0.2) is 11.5 Å². The van der Waals surface area contributed by atoms with Crippen LogP contribution in [-0.4, -0.2) is 60.7 Å². The Hall–Kier alpha value is -2.08. The highest BCUT2D eigenvalue weighted by molar-refractivity contribution is 5.63. The first-order chi connectivity index (χ1) is 17.3. The van der Waals surface area contributed by atoms with E-state index in [0.29, 0.717) is 6.04 Å². The third-order valence-corrected chi connectivity index (χ3v) is 11.1. The van der Waals surface area contributed by atoms with Gasteiger partial charge in [0, 0.05) is 42.0 Å². The SMILES string of the molecule is COc1ccc2c3c1O[C@H]1[C@@]4(OC)CC[C@@]5(C[C@@H]4C(C)(C)O)[C@@H](C2)N(CCc2ccccc2)CC[C@]315. The summed E-state index contributed by atoms with van der Waals surface area (Å²) < 4.78 is 19.4. The molecule has 3 saturated carbocycles. The topological polar surface area (TPSA) is 51.2 Å². The molecule has 2 spiro atoms. The first-order valence-electron chi connectivity index (χ1n) is 13.7. The Morgan fingerprint density at radius 1 is 1.08 bits per heavy atom. The van der Waals surface area contributed by atoms with Crippen LogP contribution in [0.5, 0.6) is 11.5 Å². The summed E-state index contributed by atoms with van der Waals surface area (Å²) in [5.74, 6) is 1.80. The molecular formula is C31H39NO4. The van der Waals surface area contributed by atoms with Gasteiger partial charge in [-0.2, -0.15) is 0 Å². The van der Waals surface area contributed by atoms with Crippen LogP contribution >= 0.6 is 0 Å². The lowest BCUT2D eigenvalue weighted by molar-refractivity contribution is -0.300. The van der Waals surface area contributed by atoms with Crippen LogP contribution in [0.25, 0.3) is 0 Å². The highest BCUT2D eigenvalue weighted by atomic mass is 16.6. The van der Waals surface area contributed by atoms with Gasteiger partial charge >= 0.3 is 0 Å². The van der Waals surface area contributed by atoms with Gasteiger partial charge in [0.2, 0.25) is 0 Å². The fraction of sp³-hybridized carbons (Fsp3) is 0.613. The molecule has 8 rings (SSSR count). The van der Waals surface area contributed by atoms with Gasteiger partial charge in [-0.05, 0) is 76.1 Å². The lowest BCUT2D eigenvalue weighted by atomic mass is 9.34. The molecule has 6 aliphatic rings. The quantitative estimate of drug-likeness (QED) is 0.647. The smallest absolute Gasteiger partial charge is 0.165 e. The molecule has 0 radical (unpaired) electrons. The number of aliphatic hydroxyl groups is 1. The molecule has 4 bridgehead atoms. The summed E-state index contributed by atoms with van der Waals surface area (Å²) in [7, 11) is 3.59. The molecule has 6 atom stereocenters. The molecule has 5 nitrogen and oxygen atoms in total. The second-order valence-corrected chi connectivity index (χ2v) is 12.6. The van der Waals surface area contributed by atoms with Crippen molar-refractivity contribution >= 4 is 0 Å². The molecule has 192 valence electrons. The number of hydrogen-bond acceptors (Lipinski definition) is 5. The number of methoxy groups -OCH3 is 2. The Morgan fingerprint density at radius 2 is 1.89 bits per heavy atom. The molecule has 2 aromatic rings. The fourth-order valence-corrected chi connectivity index (χ4v) is 9.72. The average molecular weight is 490 g/mol. The Morgan fingerprint density at radius 3 is 2.61 bits per heavy atom. The lowest BCUT2D eigenvalue weighted by Crippen LogP contribution is -2.82. The fourth-order valence-electron chi connectivity index (χ4n) is 9.72. The van der Waals surface area contributed by atoms with Gasteiger partial charge in [-0.15, -0.1) is 0 Å². The van der Waals surface area contributed by atoms with Crippen molar-refractivity contribution in [1.82, 2.24) is 4.90 Å². The van der Waals surface area contributed by atoms with E-state index in [0.717, 1.165) is 63.1 Å². The summed E-state index contributed by atoms with van der Waals surface area (Å²) in [6, 6.07) is 15.7. The number of piperidine rings is 1. The van der Waals surface area contributed by atoms with Crippen molar-refractivity contribution in [2.75, 3.05) is 27.3 Å². The van der Waals surface area contributed by atoms with Gasteiger partial charge in [-0.3, -0.25) is 4.90 Å². The van der Waals surface area contributed by atoms with Crippen molar-refractivity contribution in [1.29, 1.82) is 0 Å². The van der Waals surface area contributed by atoms with E-state index in [2.05, 4.69) is 47.4 Å². The van der Waals surface area contributed by atoms with Crippen molar-refractivity contribution in [3.8, 4) is 11.5 Å². The first-order valence-corrected chi connectivity index (χ1v) is 13.7. The molecular weight excluding hydrogens is 450 g/mol. The second-order valence-electron chi connectivity index (χ2n) is 12.6. The number of nitrogens with zero attached hydrogens (tertiary/aromatic N) is 1. The Balaban J connectivity index is 1.39. The molecule has 4 fully saturated rings. The minimum Gasteiger partial charge on any atom is -0.493 e. The average Bonchev–Trinajstić information content (AvgIpc) is 3.25. The minimum absolute atomic E-state index is 0.0142.